The van der Waals surface area contributed by atoms with Crippen LogP contribution in [0.5, 0.6) is 0 Å². The molecule has 0 saturated heterocycles. The third-order valence-corrected chi connectivity index (χ3v) is 2.22. The lowest BCUT2D eigenvalue weighted by molar-refractivity contribution is 0.194. The predicted octanol–water partition coefficient (Wildman–Crippen LogP) is 3.67. The Balaban J connectivity index is 4.05. The summed E-state index contributed by atoms with van der Waals surface area (Å²) in [7, 11) is 0. The van der Waals surface area contributed by atoms with E-state index in [0.29, 0.717) is 0 Å². The fraction of sp³-hybridized carbons (Fsp3) is 0.833. The first kappa shape index (κ1) is 12.7. The summed E-state index contributed by atoms with van der Waals surface area (Å²) in [5.74, 6) is 0. The van der Waals surface area contributed by atoms with Crippen molar-refractivity contribution in [3.63, 3.8) is 0 Å². The third-order valence-electron chi connectivity index (χ3n) is 2.22. The summed E-state index contributed by atoms with van der Waals surface area (Å²) in [6, 6.07) is 0. The minimum atomic E-state index is -0.184. The van der Waals surface area contributed by atoms with Gasteiger partial charge in [0.25, 0.3) is 0 Å². The van der Waals surface area contributed by atoms with Crippen LogP contribution in [-0.4, -0.2) is 11.2 Å². The van der Waals surface area contributed by atoms with Crippen LogP contribution >= 0.6 is 0 Å². The molecular weight excluding hydrogens is 160 g/mol. The van der Waals surface area contributed by atoms with Crippen molar-refractivity contribution in [2.75, 3.05) is 0 Å². The van der Waals surface area contributed by atoms with Crippen LogP contribution in [0.1, 0.15) is 59.3 Å². The maximum absolute atomic E-state index is 9.80. The molecule has 0 aliphatic carbocycles. The quantitative estimate of drug-likeness (QED) is 0.598. The minimum Gasteiger partial charge on any atom is -0.389 e. The summed E-state index contributed by atoms with van der Waals surface area (Å²) >= 11 is 0. The molecule has 0 amide bonds. The molecule has 1 atom stereocenters. The molecule has 0 aromatic carbocycles. The van der Waals surface area contributed by atoms with Gasteiger partial charge in [-0.05, 0) is 24.8 Å². The van der Waals surface area contributed by atoms with E-state index in [0.717, 1.165) is 32.1 Å². The standard InChI is InChI=1S/C12H24O/c1-4-7-10-11(8-5-2)12(13)9-6-3/h10,12-13H,4-9H2,1-3H3/b11-10+/t12-/m1/s1. The van der Waals surface area contributed by atoms with Gasteiger partial charge in [-0.1, -0.05) is 46.1 Å². The summed E-state index contributed by atoms with van der Waals surface area (Å²) < 4.78 is 0. The van der Waals surface area contributed by atoms with Crippen molar-refractivity contribution in [2.45, 2.75) is 65.4 Å². The highest BCUT2D eigenvalue weighted by Crippen LogP contribution is 2.15. The van der Waals surface area contributed by atoms with Gasteiger partial charge in [-0.25, -0.2) is 0 Å². The second kappa shape index (κ2) is 8.31. The molecule has 0 bridgehead atoms. The van der Waals surface area contributed by atoms with Crippen molar-refractivity contribution in [3.05, 3.63) is 11.6 Å². The number of unbranched alkanes of at least 4 members (excludes halogenated alkanes) is 1. The lowest BCUT2D eigenvalue weighted by atomic mass is 9.99. The highest BCUT2D eigenvalue weighted by Gasteiger charge is 2.07. The Labute approximate surface area is 82.9 Å². The van der Waals surface area contributed by atoms with Crippen molar-refractivity contribution in [2.24, 2.45) is 0 Å². The molecule has 0 aromatic rings. The van der Waals surface area contributed by atoms with E-state index in [1.54, 1.807) is 0 Å². The van der Waals surface area contributed by atoms with E-state index in [1.807, 2.05) is 0 Å². The van der Waals surface area contributed by atoms with Crippen LogP contribution < -0.4 is 0 Å². The first-order valence-corrected chi connectivity index (χ1v) is 5.63. The van der Waals surface area contributed by atoms with Crippen molar-refractivity contribution < 1.29 is 5.11 Å². The predicted molar refractivity (Wildman–Crippen MR) is 58.8 cm³/mol. The zero-order valence-electron chi connectivity index (χ0n) is 9.34. The molecule has 0 aromatic heterocycles. The molecule has 0 saturated carbocycles. The van der Waals surface area contributed by atoms with Crippen molar-refractivity contribution in [3.8, 4) is 0 Å². The monoisotopic (exact) mass is 184 g/mol. The summed E-state index contributed by atoms with van der Waals surface area (Å²) in [4.78, 5) is 0. The number of aliphatic hydroxyl groups excluding tert-OH is 1. The van der Waals surface area contributed by atoms with Crippen LogP contribution in [-0.2, 0) is 0 Å². The SMILES string of the molecule is CCC/C=C(\CCC)[C@H](O)CCC. The van der Waals surface area contributed by atoms with Gasteiger partial charge in [0, 0.05) is 0 Å². The van der Waals surface area contributed by atoms with Crippen LogP contribution in [0.2, 0.25) is 0 Å². The number of hydrogen-bond acceptors (Lipinski definition) is 1. The summed E-state index contributed by atoms with van der Waals surface area (Å²) in [6.45, 7) is 6.46. The molecule has 1 nitrogen and oxygen atoms in total. The molecule has 0 aliphatic rings. The Morgan fingerprint density at radius 2 is 1.85 bits per heavy atom. The van der Waals surface area contributed by atoms with E-state index in [4.69, 9.17) is 0 Å². The van der Waals surface area contributed by atoms with Crippen molar-refractivity contribution in [1.82, 2.24) is 0 Å². The number of rotatable bonds is 7. The van der Waals surface area contributed by atoms with Gasteiger partial charge in [0.1, 0.15) is 0 Å². The van der Waals surface area contributed by atoms with Crippen LogP contribution in [0, 0.1) is 0 Å². The lowest BCUT2D eigenvalue weighted by Crippen LogP contribution is -2.09. The molecule has 78 valence electrons. The van der Waals surface area contributed by atoms with Crippen molar-refractivity contribution >= 4 is 0 Å². The lowest BCUT2D eigenvalue weighted by Gasteiger charge is -2.13. The Morgan fingerprint density at radius 3 is 2.31 bits per heavy atom. The molecular formula is C12H24O. The number of hydrogen-bond donors (Lipinski definition) is 1. The molecule has 0 radical (unpaired) electrons. The molecule has 0 spiro atoms. The van der Waals surface area contributed by atoms with E-state index >= 15 is 0 Å². The first-order valence-electron chi connectivity index (χ1n) is 5.63. The summed E-state index contributed by atoms with van der Waals surface area (Å²) in [6.07, 6.45) is 8.49. The third kappa shape index (κ3) is 5.87. The highest BCUT2D eigenvalue weighted by molar-refractivity contribution is 5.07. The van der Waals surface area contributed by atoms with Crippen LogP contribution in [0.15, 0.2) is 11.6 Å². The largest absolute Gasteiger partial charge is 0.389 e. The topological polar surface area (TPSA) is 20.2 Å². The molecule has 0 unspecified atom stereocenters. The molecule has 0 fully saturated rings. The minimum absolute atomic E-state index is 0.184. The van der Waals surface area contributed by atoms with E-state index in [1.165, 1.54) is 12.0 Å². The van der Waals surface area contributed by atoms with E-state index in [-0.39, 0.29) is 6.10 Å². The Hall–Kier alpha value is -0.300. The van der Waals surface area contributed by atoms with Gasteiger partial charge in [0.15, 0.2) is 0 Å². The zero-order chi connectivity index (χ0) is 10.1. The fourth-order valence-electron chi connectivity index (χ4n) is 1.48. The van der Waals surface area contributed by atoms with Crippen LogP contribution in [0.3, 0.4) is 0 Å². The zero-order valence-corrected chi connectivity index (χ0v) is 9.34. The highest BCUT2D eigenvalue weighted by atomic mass is 16.3. The van der Waals surface area contributed by atoms with Gasteiger partial charge >= 0.3 is 0 Å². The second-order valence-electron chi connectivity index (χ2n) is 3.62. The first-order chi connectivity index (χ1) is 6.26. The second-order valence-corrected chi connectivity index (χ2v) is 3.62. The summed E-state index contributed by atoms with van der Waals surface area (Å²) in [5, 5.41) is 9.80. The van der Waals surface area contributed by atoms with E-state index < -0.39 is 0 Å². The van der Waals surface area contributed by atoms with Crippen LogP contribution in [0.4, 0.5) is 0 Å². The Bertz CT molecular complexity index is 138. The van der Waals surface area contributed by atoms with Crippen molar-refractivity contribution in [1.29, 1.82) is 0 Å². The van der Waals surface area contributed by atoms with Gasteiger partial charge in [0.2, 0.25) is 0 Å². The number of aliphatic hydroxyl groups is 1. The Morgan fingerprint density at radius 1 is 1.15 bits per heavy atom. The average Bonchev–Trinajstić information content (AvgIpc) is 2.12. The smallest absolute Gasteiger partial charge is 0.0750 e. The van der Waals surface area contributed by atoms with Gasteiger partial charge < -0.3 is 5.11 Å². The van der Waals surface area contributed by atoms with Gasteiger partial charge in [-0.2, -0.15) is 0 Å². The van der Waals surface area contributed by atoms with E-state index in [9.17, 15) is 5.11 Å². The average molecular weight is 184 g/mol. The molecule has 13 heavy (non-hydrogen) atoms. The molecule has 1 N–H and O–H groups in total. The fourth-order valence-corrected chi connectivity index (χ4v) is 1.48. The maximum Gasteiger partial charge on any atom is 0.0750 e. The molecule has 1 heteroatoms. The molecule has 0 heterocycles. The van der Waals surface area contributed by atoms with Crippen LogP contribution in [0.25, 0.3) is 0 Å². The van der Waals surface area contributed by atoms with Gasteiger partial charge in [0.05, 0.1) is 6.10 Å². The normalized spacial score (nSPS) is 14.6. The number of allylic oxidation sites excluding steroid dienone is 1. The molecule has 0 rings (SSSR count). The molecule has 0 aliphatic heterocycles. The van der Waals surface area contributed by atoms with Gasteiger partial charge in [-0.3, -0.25) is 0 Å². The summed E-state index contributed by atoms with van der Waals surface area (Å²) in [5.41, 5.74) is 1.26. The maximum atomic E-state index is 9.80. The Kier molecular flexibility index (Phi) is 8.11. The van der Waals surface area contributed by atoms with Gasteiger partial charge in [-0.15, -0.1) is 0 Å². The van der Waals surface area contributed by atoms with E-state index in [2.05, 4.69) is 26.8 Å².